The van der Waals surface area contributed by atoms with Crippen LogP contribution in [0.3, 0.4) is 0 Å². The van der Waals surface area contributed by atoms with Gasteiger partial charge in [0.25, 0.3) is 0 Å². The second-order valence-electron chi connectivity index (χ2n) is 7.38. The first-order valence-corrected chi connectivity index (χ1v) is 8.96. The minimum absolute atomic E-state index is 0.445. The molecular formula is C20H28N4. The molecule has 4 heteroatoms. The van der Waals surface area contributed by atoms with E-state index >= 15 is 0 Å². The SMILES string of the molecule is Cc1cc(NC2CC2)nc(Nc2c(C(C)C)cccc2C(C)C)n1. The third-order valence-electron chi connectivity index (χ3n) is 4.39. The first-order valence-electron chi connectivity index (χ1n) is 8.96. The largest absolute Gasteiger partial charge is 0.367 e. The van der Waals surface area contributed by atoms with Crippen molar-refractivity contribution in [2.75, 3.05) is 10.6 Å². The van der Waals surface area contributed by atoms with E-state index in [0.29, 0.717) is 23.8 Å². The summed E-state index contributed by atoms with van der Waals surface area (Å²) in [4.78, 5) is 9.27. The van der Waals surface area contributed by atoms with Gasteiger partial charge < -0.3 is 10.6 Å². The molecule has 24 heavy (non-hydrogen) atoms. The number of para-hydroxylation sites is 1. The molecule has 3 rings (SSSR count). The van der Waals surface area contributed by atoms with Crippen LogP contribution in [0.4, 0.5) is 17.5 Å². The number of aryl methyl sites for hydroxylation is 1. The maximum absolute atomic E-state index is 4.68. The van der Waals surface area contributed by atoms with Crippen LogP contribution in [0.5, 0.6) is 0 Å². The minimum atomic E-state index is 0.445. The number of benzene rings is 1. The molecule has 4 nitrogen and oxygen atoms in total. The maximum Gasteiger partial charge on any atom is 0.229 e. The summed E-state index contributed by atoms with van der Waals surface area (Å²) in [6, 6.07) is 9.13. The van der Waals surface area contributed by atoms with Gasteiger partial charge in [-0.2, -0.15) is 4.98 Å². The number of anilines is 3. The number of hydrogen-bond donors (Lipinski definition) is 2. The predicted octanol–water partition coefficient (Wildman–Crippen LogP) is 5.35. The Bertz CT molecular complexity index is 691. The van der Waals surface area contributed by atoms with Crippen molar-refractivity contribution in [3.05, 3.63) is 41.1 Å². The molecule has 1 aliphatic rings. The monoisotopic (exact) mass is 324 g/mol. The quantitative estimate of drug-likeness (QED) is 0.752. The van der Waals surface area contributed by atoms with Crippen molar-refractivity contribution in [1.82, 2.24) is 9.97 Å². The highest BCUT2D eigenvalue weighted by molar-refractivity contribution is 5.66. The number of nitrogens with one attached hydrogen (secondary N) is 2. The fourth-order valence-corrected chi connectivity index (χ4v) is 2.94. The van der Waals surface area contributed by atoms with Crippen LogP contribution in [0.15, 0.2) is 24.3 Å². The maximum atomic E-state index is 4.68. The molecule has 1 saturated carbocycles. The molecular weight excluding hydrogens is 296 g/mol. The Balaban J connectivity index is 1.96. The number of aromatic nitrogens is 2. The fourth-order valence-electron chi connectivity index (χ4n) is 2.94. The molecule has 1 aromatic heterocycles. The van der Waals surface area contributed by atoms with Crippen molar-refractivity contribution in [3.63, 3.8) is 0 Å². The van der Waals surface area contributed by atoms with Crippen molar-refractivity contribution in [1.29, 1.82) is 0 Å². The molecule has 1 heterocycles. The Morgan fingerprint density at radius 1 is 1.00 bits per heavy atom. The van der Waals surface area contributed by atoms with Gasteiger partial charge in [-0.05, 0) is 42.7 Å². The lowest BCUT2D eigenvalue weighted by Crippen LogP contribution is -2.09. The average molecular weight is 324 g/mol. The number of rotatable bonds is 6. The molecule has 0 spiro atoms. The van der Waals surface area contributed by atoms with Gasteiger partial charge in [0.1, 0.15) is 5.82 Å². The molecule has 1 aromatic carbocycles. The molecule has 0 saturated heterocycles. The van der Waals surface area contributed by atoms with Gasteiger partial charge in [0.2, 0.25) is 5.95 Å². The van der Waals surface area contributed by atoms with E-state index in [9.17, 15) is 0 Å². The lowest BCUT2D eigenvalue weighted by atomic mass is 9.93. The molecule has 2 aromatic rings. The van der Waals surface area contributed by atoms with E-state index in [-0.39, 0.29) is 0 Å². The van der Waals surface area contributed by atoms with Crippen LogP contribution in [0, 0.1) is 6.92 Å². The summed E-state index contributed by atoms with van der Waals surface area (Å²) in [5.74, 6) is 2.48. The Labute approximate surface area is 145 Å². The second-order valence-corrected chi connectivity index (χ2v) is 7.38. The van der Waals surface area contributed by atoms with Crippen LogP contribution in [-0.2, 0) is 0 Å². The summed E-state index contributed by atoms with van der Waals surface area (Å²) in [6.45, 7) is 10.9. The summed E-state index contributed by atoms with van der Waals surface area (Å²) in [7, 11) is 0. The fraction of sp³-hybridized carbons (Fsp3) is 0.500. The normalized spacial score (nSPS) is 14.3. The highest BCUT2D eigenvalue weighted by Gasteiger charge is 2.22. The standard InChI is InChI=1S/C20H28N4/c1-12(2)16-7-6-8-17(13(3)4)19(16)24-20-21-14(5)11-18(23-20)22-15-9-10-15/h6-8,11-13,15H,9-10H2,1-5H3,(H2,21,22,23,24). The van der Waals surface area contributed by atoms with Gasteiger partial charge in [-0.1, -0.05) is 45.9 Å². The van der Waals surface area contributed by atoms with Gasteiger partial charge in [0, 0.05) is 23.5 Å². The molecule has 0 radical (unpaired) electrons. The summed E-state index contributed by atoms with van der Waals surface area (Å²) in [6.07, 6.45) is 2.47. The van der Waals surface area contributed by atoms with Gasteiger partial charge in [-0.25, -0.2) is 4.98 Å². The zero-order valence-corrected chi connectivity index (χ0v) is 15.4. The second kappa shape index (κ2) is 6.80. The van der Waals surface area contributed by atoms with E-state index in [1.54, 1.807) is 0 Å². The summed E-state index contributed by atoms with van der Waals surface area (Å²) < 4.78 is 0. The highest BCUT2D eigenvalue weighted by atomic mass is 15.2. The van der Waals surface area contributed by atoms with E-state index < -0.39 is 0 Å². The van der Waals surface area contributed by atoms with Gasteiger partial charge in [0.15, 0.2) is 0 Å². The lowest BCUT2D eigenvalue weighted by Gasteiger charge is -2.20. The molecule has 0 bridgehead atoms. The molecule has 0 amide bonds. The van der Waals surface area contributed by atoms with Crippen LogP contribution >= 0.6 is 0 Å². The third kappa shape index (κ3) is 3.86. The molecule has 1 fully saturated rings. The zero-order chi connectivity index (χ0) is 17.3. The van der Waals surface area contributed by atoms with Gasteiger partial charge in [0.05, 0.1) is 0 Å². The van der Waals surface area contributed by atoms with Crippen molar-refractivity contribution < 1.29 is 0 Å². The topological polar surface area (TPSA) is 49.8 Å². The van der Waals surface area contributed by atoms with Crippen molar-refractivity contribution in [2.45, 2.75) is 65.3 Å². The van der Waals surface area contributed by atoms with Crippen LogP contribution in [0.25, 0.3) is 0 Å². The molecule has 1 aliphatic carbocycles. The van der Waals surface area contributed by atoms with Crippen LogP contribution in [0.1, 0.15) is 69.2 Å². The first-order chi connectivity index (χ1) is 11.4. The van der Waals surface area contributed by atoms with Crippen molar-refractivity contribution in [3.8, 4) is 0 Å². The van der Waals surface area contributed by atoms with E-state index in [1.807, 2.05) is 13.0 Å². The van der Waals surface area contributed by atoms with Gasteiger partial charge >= 0.3 is 0 Å². The Kier molecular flexibility index (Phi) is 4.74. The van der Waals surface area contributed by atoms with E-state index in [2.05, 4.69) is 66.5 Å². The predicted molar refractivity (Wildman–Crippen MR) is 101 cm³/mol. The molecule has 0 unspecified atom stereocenters. The molecule has 2 N–H and O–H groups in total. The van der Waals surface area contributed by atoms with E-state index in [4.69, 9.17) is 0 Å². The van der Waals surface area contributed by atoms with Crippen molar-refractivity contribution in [2.24, 2.45) is 0 Å². The highest BCUT2D eigenvalue weighted by Crippen LogP contribution is 2.34. The minimum Gasteiger partial charge on any atom is -0.367 e. The van der Waals surface area contributed by atoms with Crippen LogP contribution in [0.2, 0.25) is 0 Å². The van der Waals surface area contributed by atoms with Crippen LogP contribution < -0.4 is 10.6 Å². The van der Waals surface area contributed by atoms with E-state index in [0.717, 1.165) is 17.2 Å². The summed E-state index contributed by atoms with van der Waals surface area (Å²) in [5, 5.41) is 6.98. The molecule has 128 valence electrons. The summed E-state index contributed by atoms with van der Waals surface area (Å²) >= 11 is 0. The van der Waals surface area contributed by atoms with E-state index in [1.165, 1.54) is 24.0 Å². The van der Waals surface area contributed by atoms with Crippen molar-refractivity contribution >= 4 is 17.5 Å². The Morgan fingerprint density at radius 2 is 1.62 bits per heavy atom. The smallest absolute Gasteiger partial charge is 0.229 e. The molecule has 0 atom stereocenters. The van der Waals surface area contributed by atoms with Gasteiger partial charge in [-0.15, -0.1) is 0 Å². The van der Waals surface area contributed by atoms with Gasteiger partial charge in [-0.3, -0.25) is 0 Å². The lowest BCUT2D eigenvalue weighted by molar-refractivity contribution is 0.837. The van der Waals surface area contributed by atoms with Crippen LogP contribution in [-0.4, -0.2) is 16.0 Å². The molecule has 0 aliphatic heterocycles. The number of hydrogen-bond acceptors (Lipinski definition) is 4. The first kappa shape index (κ1) is 16.7. The Morgan fingerprint density at radius 3 is 2.17 bits per heavy atom. The zero-order valence-electron chi connectivity index (χ0n) is 15.4. The summed E-state index contributed by atoms with van der Waals surface area (Å²) in [5.41, 5.74) is 4.75. The third-order valence-corrected chi connectivity index (χ3v) is 4.39. The Hall–Kier alpha value is -2.10. The average Bonchev–Trinajstić information content (AvgIpc) is 3.30. The number of nitrogens with zero attached hydrogens (tertiary/aromatic N) is 2.